The van der Waals surface area contributed by atoms with Gasteiger partial charge in [-0.2, -0.15) is 5.26 Å². The van der Waals surface area contributed by atoms with Gasteiger partial charge in [0.25, 0.3) is 0 Å². The monoisotopic (exact) mass is 303 g/mol. The van der Waals surface area contributed by atoms with Gasteiger partial charge in [0.05, 0.1) is 20.3 Å². The van der Waals surface area contributed by atoms with Crippen LogP contribution in [0.3, 0.4) is 0 Å². The Morgan fingerprint density at radius 3 is 2.55 bits per heavy atom. The molecule has 5 heteroatoms. The van der Waals surface area contributed by atoms with E-state index in [0.29, 0.717) is 17.5 Å². The highest BCUT2D eigenvalue weighted by Gasteiger charge is 2.30. The summed E-state index contributed by atoms with van der Waals surface area (Å²) in [5, 5.41) is 9.69. The number of likely N-dealkylation sites (N-methyl/N-ethyl adjacent to an activating group) is 1. The van der Waals surface area contributed by atoms with E-state index in [1.54, 1.807) is 14.2 Å². The quantitative estimate of drug-likeness (QED) is 0.835. The van der Waals surface area contributed by atoms with Gasteiger partial charge < -0.3 is 14.4 Å². The molecule has 120 valence electrons. The van der Waals surface area contributed by atoms with Gasteiger partial charge in [-0.05, 0) is 31.2 Å². The van der Waals surface area contributed by atoms with Crippen LogP contribution in [0, 0.1) is 11.3 Å². The molecule has 5 nitrogen and oxygen atoms in total. The van der Waals surface area contributed by atoms with Crippen molar-refractivity contribution in [1.82, 2.24) is 9.80 Å². The summed E-state index contributed by atoms with van der Waals surface area (Å²) >= 11 is 0. The predicted octanol–water partition coefficient (Wildman–Crippen LogP) is 2.29. The van der Waals surface area contributed by atoms with Crippen LogP contribution in [0.4, 0.5) is 0 Å². The smallest absolute Gasteiger partial charge is 0.161 e. The minimum atomic E-state index is -0.256. The van der Waals surface area contributed by atoms with Crippen LogP contribution in [0.5, 0.6) is 11.5 Å². The number of hydrogen-bond donors (Lipinski definition) is 0. The highest BCUT2D eigenvalue weighted by Crippen LogP contribution is 2.33. The van der Waals surface area contributed by atoms with Gasteiger partial charge in [0.2, 0.25) is 0 Å². The van der Waals surface area contributed by atoms with Crippen LogP contribution in [0.15, 0.2) is 18.2 Å². The Morgan fingerprint density at radius 2 is 2.00 bits per heavy atom. The van der Waals surface area contributed by atoms with Crippen molar-refractivity contribution in [2.75, 3.05) is 40.4 Å². The molecule has 1 aromatic carbocycles. The van der Waals surface area contributed by atoms with Crippen LogP contribution in [-0.4, -0.2) is 56.2 Å². The number of methoxy groups -OCH3 is 2. The topological polar surface area (TPSA) is 48.7 Å². The van der Waals surface area contributed by atoms with E-state index in [1.165, 1.54) is 0 Å². The molecule has 2 rings (SSSR count). The molecule has 1 heterocycles. The lowest BCUT2D eigenvalue weighted by Gasteiger charge is -2.41. The van der Waals surface area contributed by atoms with Gasteiger partial charge in [0.1, 0.15) is 6.04 Å². The van der Waals surface area contributed by atoms with Crippen molar-refractivity contribution in [3.05, 3.63) is 23.8 Å². The lowest BCUT2D eigenvalue weighted by Crippen LogP contribution is -2.52. The molecule has 0 spiro atoms. The molecule has 0 aromatic heterocycles. The maximum atomic E-state index is 9.69. The summed E-state index contributed by atoms with van der Waals surface area (Å²) < 4.78 is 10.6. The summed E-state index contributed by atoms with van der Waals surface area (Å²) in [5.74, 6) is 1.35. The summed E-state index contributed by atoms with van der Waals surface area (Å²) in [6.07, 6.45) is 0. The second kappa shape index (κ2) is 7.48. The number of ether oxygens (including phenoxy) is 2. The van der Waals surface area contributed by atoms with Crippen LogP contribution in [-0.2, 0) is 0 Å². The molecule has 2 unspecified atom stereocenters. The van der Waals surface area contributed by atoms with Crippen LogP contribution in [0.1, 0.15) is 25.5 Å². The van der Waals surface area contributed by atoms with E-state index in [-0.39, 0.29) is 6.04 Å². The lowest BCUT2D eigenvalue weighted by molar-refractivity contribution is 0.0682. The van der Waals surface area contributed by atoms with Crippen LogP contribution < -0.4 is 9.47 Å². The molecule has 1 aliphatic rings. The standard InChI is InChI=1S/C17H25N3O2/c1-5-19-8-9-20(13(2)12-19)15(11-18)14-6-7-16(21-3)17(10-14)22-4/h6-7,10,13,15H,5,8-9,12H2,1-4H3. The van der Waals surface area contributed by atoms with E-state index in [4.69, 9.17) is 9.47 Å². The largest absolute Gasteiger partial charge is 0.493 e. The summed E-state index contributed by atoms with van der Waals surface area (Å²) in [6.45, 7) is 8.34. The molecule has 0 N–H and O–H groups in total. The second-order valence-corrected chi connectivity index (χ2v) is 5.63. The van der Waals surface area contributed by atoms with E-state index in [0.717, 1.165) is 31.7 Å². The Kier molecular flexibility index (Phi) is 5.64. The predicted molar refractivity (Wildman–Crippen MR) is 86.2 cm³/mol. The molecular formula is C17H25N3O2. The molecular weight excluding hydrogens is 278 g/mol. The van der Waals surface area contributed by atoms with E-state index < -0.39 is 0 Å². The fourth-order valence-corrected chi connectivity index (χ4v) is 3.08. The fraction of sp³-hybridized carbons (Fsp3) is 0.588. The normalized spacial score (nSPS) is 21.1. The molecule has 0 aliphatic carbocycles. The first-order valence-electron chi connectivity index (χ1n) is 7.74. The van der Waals surface area contributed by atoms with Gasteiger partial charge in [0.15, 0.2) is 11.5 Å². The number of piperazine rings is 1. The van der Waals surface area contributed by atoms with Gasteiger partial charge in [0, 0.05) is 25.7 Å². The van der Waals surface area contributed by atoms with Gasteiger partial charge in [-0.1, -0.05) is 13.0 Å². The molecule has 0 bridgehead atoms. The summed E-state index contributed by atoms with van der Waals surface area (Å²) in [5.41, 5.74) is 0.956. The summed E-state index contributed by atoms with van der Waals surface area (Å²) in [6, 6.07) is 8.28. The van der Waals surface area contributed by atoms with Crippen molar-refractivity contribution in [2.24, 2.45) is 0 Å². The number of nitriles is 1. The summed E-state index contributed by atoms with van der Waals surface area (Å²) in [7, 11) is 3.23. The minimum absolute atomic E-state index is 0.256. The van der Waals surface area contributed by atoms with Crippen LogP contribution in [0.2, 0.25) is 0 Å². The first-order chi connectivity index (χ1) is 10.6. The van der Waals surface area contributed by atoms with Crippen molar-refractivity contribution in [2.45, 2.75) is 25.9 Å². The lowest BCUT2D eigenvalue weighted by atomic mass is 10.0. The Hall–Kier alpha value is -1.77. The number of hydrogen-bond acceptors (Lipinski definition) is 5. The highest BCUT2D eigenvalue weighted by atomic mass is 16.5. The Bertz CT molecular complexity index is 541. The zero-order valence-electron chi connectivity index (χ0n) is 13.9. The number of nitrogens with zero attached hydrogens (tertiary/aromatic N) is 3. The van der Waals surface area contributed by atoms with E-state index >= 15 is 0 Å². The molecule has 0 radical (unpaired) electrons. The van der Waals surface area contributed by atoms with Gasteiger partial charge in [-0.3, -0.25) is 4.90 Å². The Morgan fingerprint density at radius 1 is 1.27 bits per heavy atom. The molecule has 1 aliphatic heterocycles. The van der Waals surface area contributed by atoms with Crippen LogP contribution >= 0.6 is 0 Å². The van der Waals surface area contributed by atoms with Gasteiger partial charge >= 0.3 is 0 Å². The third-order valence-corrected chi connectivity index (χ3v) is 4.39. The number of benzene rings is 1. The van der Waals surface area contributed by atoms with Gasteiger partial charge in [-0.25, -0.2) is 0 Å². The van der Waals surface area contributed by atoms with Crippen molar-refractivity contribution < 1.29 is 9.47 Å². The average Bonchev–Trinajstić information content (AvgIpc) is 2.56. The minimum Gasteiger partial charge on any atom is -0.493 e. The molecule has 1 fully saturated rings. The highest BCUT2D eigenvalue weighted by molar-refractivity contribution is 5.44. The zero-order valence-corrected chi connectivity index (χ0v) is 13.9. The summed E-state index contributed by atoms with van der Waals surface area (Å²) in [4.78, 5) is 4.69. The Labute approximate surface area is 133 Å². The molecule has 22 heavy (non-hydrogen) atoms. The van der Waals surface area contributed by atoms with Gasteiger partial charge in [-0.15, -0.1) is 0 Å². The second-order valence-electron chi connectivity index (χ2n) is 5.63. The maximum Gasteiger partial charge on any atom is 0.161 e. The van der Waals surface area contributed by atoms with Crippen LogP contribution in [0.25, 0.3) is 0 Å². The van der Waals surface area contributed by atoms with Crippen molar-refractivity contribution in [3.8, 4) is 17.6 Å². The zero-order chi connectivity index (χ0) is 16.1. The van der Waals surface area contributed by atoms with Crippen molar-refractivity contribution in [1.29, 1.82) is 5.26 Å². The average molecular weight is 303 g/mol. The van der Waals surface area contributed by atoms with Crippen molar-refractivity contribution >= 4 is 0 Å². The Balaban J connectivity index is 2.23. The maximum absolute atomic E-state index is 9.69. The fourth-order valence-electron chi connectivity index (χ4n) is 3.08. The molecule has 1 saturated heterocycles. The first-order valence-corrected chi connectivity index (χ1v) is 7.74. The molecule has 2 atom stereocenters. The van der Waals surface area contributed by atoms with E-state index in [9.17, 15) is 5.26 Å². The van der Waals surface area contributed by atoms with E-state index in [1.807, 2.05) is 18.2 Å². The SMILES string of the molecule is CCN1CCN(C(C#N)c2ccc(OC)c(OC)c2)C(C)C1. The number of rotatable bonds is 5. The molecule has 0 saturated carbocycles. The third-order valence-electron chi connectivity index (χ3n) is 4.39. The van der Waals surface area contributed by atoms with Crippen molar-refractivity contribution in [3.63, 3.8) is 0 Å². The third kappa shape index (κ3) is 3.34. The molecule has 0 amide bonds. The molecule has 1 aromatic rings. The first kappa shape index (κ1) is 16.6. The van der Waals surface area contributed by atoms with E-state index in [2.05, 4.69) is 29.7 Å².